The summed E-state index contributed by atoms with van der Waals surface area (Å²) in [5.74, 6) is 0.397. The summed E-state index contributed by atoms with van der Waals surface area (Å²) in [6, 6.07) is 18.1. The molecule has 2 heterocycles. The van der Waals surface area contributed by atoms with Crippen LogP contribution in [-0.4, -0.2) is 37.5 Å². The molecule has 0 radical (unpaired) electrons. The Morgan fingerprint density at radius 1 is 0.971 bits per heavy atom. The van der Waals surface area contributed by atoms with Gasteiger partial charge in [-0.05, 0) is 55.3 Å². The molecule has 2 aliphatic heterocycles. The maximum atomic E-state index is 13.0. The highest BCUT2D eigenvalue weighted by Crippen LogP contribution is 2.37. The van der Waals surface area contributed by atoms with Crippen LogP contribution in [-0.2, 0) is 11.2 Å². The molecular weight excluding hydrogens is 434 g/mol. The Kier molecular flexibility index (Phi) is 5.63. The van der Waals surface area contributed by atoms with Crippen molar-refractivity contribution in [1.29, 1.82) is 0 Å². The summed E-state index contributed by atoms with van der Waals surface area (Å²) in [4.78, 5) is 39.2. The van der Waals surface area contributed by atoms with Gasteiger partial charge in [-0.2, -0.15) is 0 Å². The molecule has 0 fully saturated rings. The minimum atomic E-state index is -0.324. The first-order valence-electron chi connectivity index (χ1n) is 11.0. The minimum Gasteiger partial charge on any atom is -0.454 e. The number of carbonyl (C=O) groups is 3. The number of hydrogen-bond acceptors (Lipinski definition) is 6. The number of ether oxygens (including phenoxy) is 2. The molecule has 3 aromatic carbocycles. The Balaban J connectivity index is 1.21. The number of fused-ring (bicyclic) bond motifs is 2. The van der Waals surface area contributed by atoms with Gasteiger partial charge in [0.15, 0.2) is 17.3 Å². The monoisotopic (exact) mass is 457 g/mol. The zero-order chi connectivity index (χ0) is 23.7. The summed E-state index contributed by atoms with van der Waals surface area (Å²) in [5.41, 5.74) is 4.14. The van der Waals surface area contributed by atoms with E-state index in [-0.39, 0.29) is 30.9 Å². The Labute approximate surface area is 196 Å². The molecule has 0 saturated heterocycles. The van der Waals surface area contributed by atoms with E-state index in [1.807, 2.05) is 24.3 Å². The summed E-state index contributed by atoms with van der Waals surface area (Å²) < 4.78 is 10.6. The summed E-state index contributed by atoms with van der Waals surface area (Å²) in [7, 11) is 0. The average Bonchev–Trinajstić information content (AvgIpc) is 3.48. The molecule has 8 heteroatoms. The van der Waals surface area contributed by atoms with Gasteiger partial charge in [0.2, 0.25) is 12.7 Å². The van der Waals surface area contributed by atoms with Crippen molar-refractivity contribution in [3.63, 3.8) is 0 Å². The Hall–Kier alpha value is -4.33. The molecule has 0 atom stereocenters. The van der Waals surface area contributed by atoms with E-state index in [1.165, 1.54) is 12.5 Å². The third-order valence-electron chi connectivity index (χ3n) is 5.88. The first-order valence-corrected chi connectivity index (χ1v) is 11.0. The predicted octanol–water partition coefficient (Wildman–Crippen LogP) is 3.87. The van der Waals surface area contributed by atoms with Crippen molar-refractivity contribution in [3.05, 3.63) is 77.4 Å². The predicted molar refractivity (Wildman–Crippen MR) is 128 cm³/mol. The lowest BCUT2D eigenvalue weighted by atomic mass is 10.1. The molecule has 5 rings (SSSR count). The highest BCUT2D eigenvalue weighted by Gasteiger charge is 2.25. The van der Waals surface area contributed by atoms with Gasteiger partial charge in [-0.1, -0.05) is 18.2 Å². The second kappa shape index (κ2) is 8.90. The number of anilines is 3. The van der Waals surface area contributed by atoms with E-state index in [2.05, 4.69) is 10.6 Å². The number of carbonyl (C=O) groups excluding carboxylic acids is 3. The molecule has 0 aromatic heterocycles. The summed E-state index contributed by atoms with van der Waals surface area (Å²) >= 11 is 0. The second-order valence-electron chi connectivity index (χ2n) is 8.12. The number of ketones is 1. The summed E-state index contributed by atoms with van der Waals surface area (Å²) in [6.45, 7) is 2.16. The number of rotatable bonds is 6. The van der Waals surface area contributed by atoms with Gasteiger partial charge in [-0.3, -0.25) is 14.4 Å². The molecule has 2 aliphatic rings. The van der Waals surface area contributed by atoms with Crippen LogP contribution in [0.3, 0.4) is 0 Å². The van der Waals surface area contributed by atoms with E-state index in [9.17, 15) is 14.4 Å². The van der Waals surface area contributed by atoms with E-state index in [4.69, 9.17) is 9.47 Å². The molecule has 2 N–H and O–H groups in total. The van der Waals surface area contributed by atoms with E-state index in [0.29, 0.717) is 40.5 Å². The van der Waals surface area contributed by atoms with Crippen molar-refractivity contribution < 1.29 is 23.9 Å². The van der Waals surface area contributed by atoms with E-state index in [1.54, 1.807) is 41.3 Å². The smallest absolute Gasteiger partial charge is 0.258 e. The maximum Gasteiger partial charge on any atom is 0.258 e. The van der Waals surface area contributed by atoms with Gasteiger partial charge in [0.05, 0.1) is 12.2 Å². The zero-order valence-electron chi connectivity index (χ0n) is 18.6. The Morgan fingerprint density at radius 2 is 1.71 bits per heavy atom. The quantitative estimate of drug-likeness (QED) is 0.546. The summed E-state index contributed by atoms with van der Waals surface area (Å²) in [6.07, 6.45) is 0.853. The normalized spacial score (nSPS) is 13.4. The van der Waals surface area contributed by atoms with Crippen molar-refractivity contribution >= 4 is 34.7 Å². The number of para-hydroxylation sites is 1. The van der Waals surface area contributed by atoms with Crippen molar-refractivity contribution in [1.82, 2.24) is 0 Å². The fourth-order valence-corrected chi connectivity index (χ4v) is 4.15. The van der Waals surface area contributed by atoms with Crippen molar-refractivity contribution in [2.24, 2.45) is 0 Å². The topological polar surface area (TPSA) is 97.0 Å². The molecule has 0 aliphatic carbocycles. The van der Waals surface area contributed by atoms with Gasteiger partial charge in [0.25, 0.3) is 5.91 Å². The fourth-order valence-electron chi connectivity index (χ4n) is 4.15. The van der Waals surface area contributed by atoms with Crippen LogP contribution in [0.4, 0.5) is 17.1 Å². The molecule has 2 amide bonds. The number of nitrogens with one attached hydrogen (secondary N) is 2. The van der Waals surface area contributed by atoms with Crippen LogP contribution in [0.25, 0.3) is 0 Å². The molecule has 8 nitrogen and oxygen atoms in total. The van der Waals surface area contributed by atoms with Gasteiger partial charge >= 0.3 is 0 Å². The highest BCUT2D eigenvalue weighted by molar-refractivity contribution is 6.07. The van der Waals surface area contributed by atoms with Crippen LogP contribution in [0.5, 0.6) is 11.5 Å². The van der Waals surface area contributed by atoms with Crippen molar-refractivity contribution in [3.8, 4) is 11.5 Å². The number of amides is 2. The van der Waals surface area contributed by atoms with Gasteiger partial charge in [0.1, 0.15) is 0 Å². The minimum absolute atomic E-state index is 0.0153. The van der Waals surface area contributed by atoms with Crippen LogP contribution in [0, 0.1) is 0 Å². The van der Waals surface area contributed by atoms with E-state index < -0.39 is 0 Å². The lowest BCUT2D eigenvalue weighted by molar-refractivity contribution is -0.114. The van der Waals surface area contributed by atoms with Gasteiger partial charge in [-0.25, -0.2) is 0 Å². The zero-order valence-corrected chi connectivity index (χ0v) is 18.6. The molecule has 0 unspecified atom stereocenters. The largest absolute Gasteiger partial charge is 0.454 e. The number of benzene rings is 3. The number of Topliss-reactive ketones (excluding diaryl/α,β-unsaturated/α-hetero) is 1. The first kappa shape index (κ1) is 21.5. The second-order valence-corrected chi connectivity index (χ2v) is 8.12. The SMILES string of the molecule is CC(=O)c1cc2c(cc1NC(=O)CNc1ccc(C(=O)N3CCc4ccccc43)cc1)OCO2. The lowest BCUT2D eigenvalue weighted by Crippen LogP contribution is -2.28. The highest BCUT2D eigenvalue weighted by atomic mass is 16.7. The average molecular weight is 457 g/mol. The van der Waals surface area contributed by atoms with Crippen LogP contribution >= 0.6 is 0 Å². The van der Waals surface area contributed by atoms with Crippen LogP contribution in [0.2, 0.25) is 0 Å². The van der Waals surface area contributed by atoms with Crippen molar-refractivity contribution in [2.45, 2.75) is 13.3 Å². The third-order valence-corrected chi connectivity index (χ3v) is 5.88. The standard InChI is InChI=1S/C26H23N3O5/c1-16(30)20-12-23-24(34-15-33-23)13-21(20)28-25(31)14-27-19-8-6-18(7-9-19)26(32)29-11-10-17-4-2-3-5-22(17)29/h2-9,12-13,27H,10-11,14-15H2,1H3,(H,28,31). The molecule has 0 spiro atoms. The van der Waals surface area contributed by atoms with E-state index in [0.717, 1.165) is 12.1 Å². The fraction of sp³-hybridized carbons (Fsp3) is 0.192. The number of hydrogen-bond donors (Lipinski definition) is 2. The third kappa shape index (κ3) is 4.17. The maximum absolute atomic E-state index is 13.0. The van der Waals surface area contributed by atoms with Gasteiger partial charge in [0, 0.05) is 35.1 Å². The molecule has 0 saturated carbocycles. The summed E-state index contributed by atoms with van der Waals surface area (Å²) in [5, 5.41) is 5.79. The first-order chi connectivity index (χ1) is 16.5. The lowest BCUT2D eigenvalue weighted by Gasteiger charge is -2.17. The molecule has 0 bridgehead atoms. The van der Waals surface area contributed by atoms with Crippen molar-refractivity contribution in [2.75, 3.05) is 35.4 Å². The van der Waals surface area contributed by atoms with Crippen LogP contribution in [0.15, 0.2) is 60.7 Å². The molecular formula is C26H23N3O5. The number of nitrogens with zero attached hydrogens (tertiary/aromatic N) is 1. The van der Waals surface area contributed by atoms with Gasteiger partial charge < -0.3 is 25.0 Å². The van der Waals surface area contributed by atoms with E-state index >= 15 is 0 Å². The molecule has 34 heavy (non-hydrogen) atoms. The molecule has 172 valence electrons. The molecule has 3 aromatic rings. The van der Waals surface area contributed by atoms with Gasteiger partial charge in [-0.15, -0.1) is 0 Å². The Bertz CT molecular complexity index is 1290. The van der Waals surface area contributed by atoms with Crippen LogP contribution < -0.4 is 25.0 Å². The Morgan fingerprint density at radius 3 is 2.47 bits per heavy atom. The van der Waals surface area contributed by atoms with Crippen LogP contribution in [0.1, 0.15) is 33.2 Å².